The lowest BCUT2D eigenvalue weighted by atomic mass is 10.3. The predicted octanol–water partition coefficient (Wildman–Crippen LogP) is -0.533. The molecule has 1 rings (SSSR count). The van der Waals surface area contributed by atoms with Crippen LogP contribution in [0.2, 0.25) is 0 Å². The molecular formula is C11H20N2O4S. The van der Waals surface area contributed by atoms with Gasteiger partial charge in [0, 0.05) is 18.8 Å². The second-order valence-corrected chi connectivity index (χ2v) is 5.20. The first-order valence-electron chi connectivity index (χ1n) is 5.85. The molecule has 1 amide bonds. The van der Waals surface area contributed by atoms with Gasteiger partial charge in [-0.3, -0.25) is 9.59 Å². The summed E-state index contributed by atoms with van der Waals surface area (Å²) < 4.78 is 9.88. The summed E-state index contributed by atoms with van der Waals surface area (Å²) in [4.78, 5) is 24.7. The number of esters is 1. The molecule has 2 N–H and O–H groups in total. The molecule has 0 radical (unpaired) electrons. The van der Waals surface area contributed by atoms with E-state index in [0.717, 1.165) is 0 Å². The molecule has 0 aromatic carbocycles. The van der Waals surface area contributed by atoms with Crippen molar-refractivity contribution >= 4 is 23.6 Å². The summed E-state index contributed by atoms with van der Waals surface area (Å²) >= 11 is 1.35. The molecule has 7 heteroatoms. The van der Waals surface area contributed by atoms with Crippen LogP contribution in [0.5, 0.6) is 0 Å². The van der Waals surface area contributed by atoms with E-state index in [1.54, 1.807) is 4.90 Å². The number of ether oxygens (including phenoxy) is 2. The van der Waals surface area contributed by atoms with Crippen molar-refractivity contribution in [3.8, 4) is 0 Å². The highest BCUT2D eigenvalue weighted by Crippen LogP contribution is 2.09. The van der Waals surface area contributed by atoms with Gasteiger partial charge in [-0.1, -0.05) is 0 Å². The molecule has 0 spiro atoms. The van der Waals surface area contributed by atoms with E-state index in [0.29, 0.717) is 31.2 Å². The second kappa shape index (κ2) is 7.60. The molecular weight excluding hydrogens is 256 g/mol. The molecule has 2 atom stereocenters. The third kappa shape index (κ3) is 4.83. The first-order valence-corrected chi connectivity index (χ1v) is 7.00. The smallest absolute Gasteiger partial charge is 0.323 e. The number of amides is 1. The van der Waals surface area contributed by atoms with E-state index >= 15 is 0 Å². The highest BCUT2D eigenvalue weighted by molar-refractivity contribution is 8.00. The molecule has 0 aromatic rings. The lowest BCUT2D eigenvalue weighted by Crippen LogP contribution is -2.45. The molecule has 0 aliphatic carbocycles. The molecule has 104 valence electrons. The maximum absolute atomic E-state index is 11.9. The van der Waals surface area contributed by atoms with Gasteiger partial charge in [0.1, 0.15) is 6.04 Å². The van der Waals surface area contributed by atoms with E-state index in [9.17, 15) is 9.59 Å². The van der Waals surface area contributed by atoms with Crippen LogP contribution in [0.1, 0.15) is 6.92 Å². The molecule has 1 saturated heterocycles. The summed E-state index contributed by atoms with van der Waals surface area (Å²) in [7, 11) is 1.30. The minimum Gasteiger partial charge on any atom is -0.468 e. The van der Waals surface area contributed by atoms with Crippen molar-refractivity contribution in [2.24, 2.45) is 5.73 Å². The molecule has 1 fully saturated rings. The number of hydrogen-bond acceptors (Lipinski definition) is 6. The molecule has 6 nitrogen and oxygen atoms in total. The summed E-state index contributed by atoms with van der Waals surface area (Å²) in [5.74, 6) is 0.331. The summed E-state index contributed by atoms with van der Waals surface area (Å²) in [6, 6.07) is -0.670. The molecule has 1 aliphatic heterocycles. The fraction of sp³-hybridized carbons (Fsp3) is 0.818. The van der Waals surface area contributed by atoms with Gasteiger partial charge < -0.3 is 20.1 Å². The van der Waals surface area contributed by atoms with Crippen LogP contribution in [-0.2, 0) is 19.1 Å². The van der Waals surface area contributed by atoms with Gasteiger partial charge in [-0.05, 0) is 6.92 Å². The van der Waals surface area contributed by atoms with E-state index in [4.69, 9.17) is 10.5 Å². The van der Waals surface area contributed by atoms with E-state index in [1.165, 1.54) is 18.9 Å². The largest absolute Gasteiger partial charge is 0.468 e. The van der Waals surface area contributed by atoms with E-state index < -0.39 is 12.0 Å². The average Bonchev–Trinajstić information content (AvgIpc) is 2.37. The number of rotatable bonds is 5. The molecule has 0 saturated carbocycles. The Hall–Kier alpha value is -0.790. The van der Waals surface area contributed by atoms with Crippen molar-refractivity contribution < 1.29 is 19.1 Å². The standard InChI is InChI=1S/C11H20N2O4S/c1-8-5-13(3-4-17-8)10(14)7-18-6-9(12)11(15)16-2/h8-9H,3-7,12H2,1-2H3. The van der Waals surface area contributed by atoms with Gasteiger partial charge in [0.05, 0.1) is 25.6 Å². The number of thioether (sulfide) groups is 1. The summed E-state index contributed by atoms with van der Waals surface area (Å²) in [6.07, 6.45) is 0.0880. The van der Waals surface area contributed by atoms with Gasteiger partial charge in [-0.15, -0.1) is 11.8 Å². The fourth-order valence-corrected chi connectivity index (χ4v) is 2.49. The Labute approximate surface area is 111 Å². The molecule has 18 heavy (non-hydrogen) atoms. The van der Waals surface area contributed by atoms with Crippen molar-refractivity contribution in [2.45, 2.75) is 19.1 Å². The highest BCUT2D eigenvalue weighted by Gasteiger charge is 2.21. The third-order valence-electron chi connectivity index (χ3n) is 2.62. The Morgan fingerprint density at radius 2 is 2.33 bits per heavy atom. The first kappa shape index (κ1) is 15.3. The van der Waals surface area contributed by atoms with Gasteiger partial charge in [-0.2, -0.15) is 0 Å². The zero-order valence-corrected chi connectivity index (χ0v) is 11.6. The topological polar surface area (TPSA) is 81.9 Å². The number of nitrogens with two attached hydrogens (primary N) is 1. The quantitative estimate of drug-likeness (QED) is 0.680. The van der Waals surface area contributed by atoms with Crippen LogP contribution < -0.4 is 5.73 Å². The van der Waals surface area contributed by atoms with Gasteiger partial charge in [0.2, 0.25) is 5.91 Å². The second-order valence-electron chi connectivity index (χ2n) is 4.17. The number of methoxy groups -OCH3 is 1. The summed E-state index contributed by atoms with van der Waals surface area (Å²) in [6.45, 7) is 3.79. The van der Waals surface area contributed by atoms with Crippen molar-refractivity contribution in [3.63, 3.8) is 0 Å². The van der Waals surface area contributed by atoms with Crippen LogP contribution in [0.15, 0.2) is 0 Å². The van der Waals surface area contributed by atoms with Crippen LogP contribution in [0.25, 0.3) is 0 Å². The maximum atomic E-state index is 11.9. The Morgan fingerprint density at radius 3 is 2.94 bits per heavy atom. The van der Waals surface area contributed by atoms with Crippen LogP contribution in [0.3, 0.4) is 0 Å². The molecule has 1 aliphatic rings. The van der Waals surface area contributed by atoms with Gasteiger partial charge in [0.15, 0.2) is 0 Å². The number of morpholine rings is 1. The molecule has 2 unspecified atom stereocenters. The van der Waals surface area contributed by atoms with Crippen molar-refractivity contribution in [1.29, 1.82) is 0 Å². The summed E-state index contributed by atoms with van der Waals surface area (Å²) in [5, 5.41) is 0. The van der Waals surface area contributed by atoms with Crippen LogP contribution in [0, 0.1) is 0 Å². The number of carbonyl (C=O) groups excluding carboxylic acids is 2. The zero-order chi connectivity index (χ0) is 13.5. The number of carbonyl (C=O) groups is 2. The molecule has 1 heterocycles. The lowest BCUT2D eigenvalue weighted by Gasteiger charge is -2.31. The van der Waals surface area contributed by atoms with E-state index in [2.05, 4.69) is 4.74 Å². The summed E-state index contributed by atoms with van der Waals surface area (Å²) in [5.41, 5.74) is 5.57. The number of nitrogens with zero attached hydrogens (tertiary/aromatic N) is 1. The normalized spacial score (nSPS) is 21.5. The monoisotopic (exact) mass is 276 g/mol. The zero-order valence-electron chi connectivity index (χ0n) is 10.8. The van der Waals surface area contributed by atoms with Crippen molar-refractivity contribution in [2.75, 3.05) is 38.3 Å². The Balaban J connectivity index is 2.22. The first-order chi connectivity index (χ1) is 8.54. The van der Waals surface area contributed by atoms with E-state index in [1.807, 2.05) is 6.92 Å². The highest BCUT2D eigenvalue weighted by atomic mass is 32.2. The van der Waals surface area contributed by atoms with Crippen molar-refractivity contribution in [3.05, 3.63) is 0 Å². The van der Waals surface area contributed by atoms with Crippen LogP contribution >= 0.6 is 11.8 Å². The maximum Gasteiger partial charge on any atom is 0.323 e. The number of hydrogen-bond donors (Lipinski definition) is 1. The fourth-order valence-electron chi connectivity index (χ4n) is 1.63. The van der Waals surface area contributed by atoms with Crippen LogP contribution in [0.4, 0.5) is 0 Å². The minimum atomic E-state index is -0.670. The minimum absolute atomic E-state index is 0.0622. The third-order valence-corrected chi connectivity index (χ3v) is 3.67. The van der Waals surface area contributed by atoms with Gasteiger partial charge in [-0.25, -0.2) is 0 Å². The molecule has 0 aromatic heterocycles. The molecule has 0 bridgehead atoms. The average molecular weight is 276 g/mol. The SMILES string of the molecule is COC(=O)C(N)CSCC(=O)N1CCOC(C)C1. The Kier molecular flexibility index (Phi) is 6.45. The lowest BCUT2D eigenvalue weighted by molar-refractivity contribution is -0.141. The van der Waals surface area contributed by atoms with Crippen LogP contribution in [-0.4, -0.2) is 67.2 Å². The Morgan fingerprint density at radius 1 is 1.61 bits per heavy atom. The van der Waals surface area contributed by atoms with E-state index in [-0.39, 0.29) is 12.0 Å². The predicted molar refractivity (Wildman–Crippen MR) is 69.3 cm³/mol. The van der Waals surface area contributed by atoms with Gasteiger partial charge in [0.25, 0.3) is 0 Å². The Bertz CT molecular complexity index is 301. The van der Waals surface area contributed by atoms with Gasteiger partial charge >= 0.3 is 5.97 Å². The van der Waals surface area contributed by atoms with Crippen molar-refractivity contribution in [1.82, 2.24) is 4.90 Å².